The summed E-state index contributed by atoms with van der Waals surface area (Å²) in [6.07, 6.45) is 1.13. The van der Waals surface area contributed by atoms with Gasteiger partial charge in [-0.05, 0) is 35.6 Å². The van der Waals surface area contributed by atoms with Gasteiger partial charge in [0.15, 0.2) is 0 Å². The average Bonchev–Trinajstić information content (AvgIpc) is 2.48. The Balaban J connectivity index is 2.17. The van der Waals surface area contributed by atoms with Crippen LogP contribution in [0.15, 0.2) is 36.5 Å². The maximum Gasteiger partial charge on any atom is 0.287 e. The van der Waals surface area contributed by atoms with Gasteiger partial charge in [-0.2, -0.15) is 0 Å². The summed E-state index contributed by atoms with van der Waals surface area (Å²) < 4.78 is 0. The molecule has 1 heterocycles. The molecule has 1 aromatic heterocycles. The summed E-state index contributed by atoms with van der Waals surface area (Å²) in [5.41, 5.74) is 2.11. The summed E-state index contributed by atoms with van der Waals surface area (Å²) in [7, 11) is 0. The number of aromatic nitrogens is 1. The quantitative estimate of drug-likeness (QED) is 0.689. The third-order valence-electron chi connectivity index (χ3n) is 3.52. The molecule has 1 aromatic carbocycles. The van der Waals surface area contributed by atoms with E-state index < -0.39 is 4.92 Å². The lowest BCUT2D eigenvalue weighted by Gasteiger charge is -2.19. The molecule has 0 radical (unpaired) electrons. The first-order valence-corrected chi connectivity index (χ1v) is 7.21. The zero-order valence-corrected chi connectivity index (χ0v) is 13.6. The highest BCUT2D eigenvalue weighted by atomic mass is 16.6. The predicted octanol–water partition coefficient (Wildman–Crippen LogP) is 3.85. The van der Waals surface area contributed by atoms with E-state index in [1.54, 1.807) is 19.1 Å². The molecular formula is C17H19N3O3. The zero-order chi connectivity index (χ0) is 17.2. The van der Waals surface area contributed by atoms with Crippen molar-refractivity contribution in [1.82, 2.24) is 4.98 Å². The third-order valence-corrected chi connectivity index (χ3v) is 3.52. The minimum absolute atomic E-state index is 0.0194. The number of anilines is 1. The Morgan fingerprint density at radius 2 is 1.83 bits per heavy atom. The molecular weight excluding hydrogens is 294 g/mol. The van der Waals surface area contributed by atoms with E-state index >= 15 is 0 Å². The van der Waals surface area contributed by atoms with Crippen molar-refractivity contribution >= 4 is 17.4 Å². The Morgan fingerprint density at radius 3 is 2.30 bits per heavy atom. The molecule has 0 aliphatic rings. The predicted molar refractivity (Wildman–Crippen MR) is 88.7 cm³/mol. The van der Waals surface area contributed by atoms with Gasteiger partial charge in [-0.25, -0.2) is 4.98 Å². The highest BCUT2D eigenvalue weighted by Crippen LogP contribution is 2.23. The molecule has 0 bridgehead atoms. The molecule has 0 saturated carbocycles. The van der Waals surface area contributed by atoms with Crippen LogP contribution >= 0.6 is 0 Å². The first-order valence-electron chi connectivity index (χ1n) is 7.21. The lowest BCUT2D eigenvalue weighted by molar-refractivity contribution is -0.385. The summed E-state index contributed by atoms with van der Waals surface area (Å²) in [5, 5.41) is 13.4. The average molecular weight is 313 g/mol. The fourth-order valence-electron chi connectivity index (χ4n) is 2.09. The van der Waals surface area contributed by atoms with Gasteiger partial charge >= 0.3 is 0 Å². The van der Waals surface area contributed by atoms with Gasteiger partial charge in [0.25, 0.3) is 11.6 Å². The molecule has 120 valence electrons. The van der Waals surface area contributed by atoms with Crippen molar-refractivity contribution < 1.29 is 9.72 Å². The summed E-state index contributed by atoms with van der Waals surface area (Å²) >= 11 is 0. The molecule has 2 aromatic rings. The van der Waals surface area contributed by atoms with Crippen molar-refractivity contribution in [2.24, 2.45) is 0 Å². The number of carbonyl (C=O) groups excluding carboxylic acids is 1. The van der Waals surface area contributed by atoms with Crippen LogP contribution in [0.1, 0.15) is 42.3 Å². The molecule has 1 amide bonds. The summed E-state index contributed by atoms with van der Waals surface area (Å²) in [6, 6.07) is 8.74. The second-order valence-electron chi connectivity index (χ2n) is 6.40. The molecule has 0 aliphatic carbocycles. The molecule has 1 N–H and O–H groups in total. The van der Waals surface area contributed by atoms with Crippen LogP contribution in [0.2, 0.25) is 0 Å². The number of benzene rings is 1. The maximum absolute atomic E-state index is 12.3. The van der Waals surface area contributed by atoms with Crippen LogP contribution in [-0.4, -0.2) is 15.8 Å². The van der Waals surface area contributed by atoms with Crippen molar-refractivity contribution in [2.45, 2.75) is 33.1 Å². The summed E-state index contributed by atoms with van der Waals surface area (Å²) in [6.45, 7) is 7.98. The maximum atomic E-state index is 12.3. The minimum Gasteiger partial charge on any atom is -0.306 e. The first kappa shape index (κ1) is 16.6. The fraction of sp³-hybridized carbons (Fsp3) is 0.294. The van der Waals surface area contributed by atoms with Crippen LogP contribution in [0.25, 0.3) is 0 Å². The van der Waals surface area contributed by atoms with Gasteiger partial charge in [0.1, 0.15) is 12.0 Å². The molecule has 6 nitrogen and oxygen atoms in total. The molecule has 0 aliphatic heterocycles. The van der Waals surface area contributed by atoms with Crippen molar-refractivity contribution in [1.29, 1.82) is 0 Å². The first-order chi connectivity index (χ1) is 10.7. The van der Waals surface area contributed by atoms with Crippen LogP contribution in [0.5, 0.6) is 0 Å². The smallest absolute Gasteiger partial charge is 0.287 e. The van der Waals surface area contributed by atoms with E-state index in [-0.39, 0.29) is 17.0 Å². The van der Waals surface area contributed by atoms with Gasteiger partial charge in [-0.3, -0.25) is 14.9 Å². The minimum atomic E-state index is -0.517. The van der Waals surface area contributed by atoms with Gasteiger partial charge in [0.05, 0.1) is 4.92 Å². The molecule has 6 heteroatoms. The van der Waals surface area contributed by atoms with Crippen molar-refractivity contribution in [3.63, 3.8) is 0 Å². The van der Waals surface area contributed by atoms with E-state index in [9.17, 15) is 14.9 Å². The highest BCUT2D eigenvalue weighted by Gasteiger charge is 2.16. The second kappa shape index (κ2) is 6.16. The standard InChI is InChI=1S/C17H19N3O3/c1-11-9-14(20(22)23)10-18-15(11)19-16(21)12-5-7-13(8-6-12)17(2,3)4/h5-10H,1-4H3,(H,18,19,21). The molecule has 0 fully saturated rings. The number of carbonyl (C=O) groups is 1. The number of hydrogen-bond donors (Lipinski definition) is 1. The van der Waals surface area contributed by atoms with Gasteiger partial charge in [-0.1, -0.05) is 32.9 Å². The van der Waals surface area contributed by atoms with Gasteiger partial charge in [0, 0.05) is 11.6 Å². The van der Waals surface area contributed by atoms with E-state index in [1.807, 2.05) is 12.1 Å². The van der Waals surface area contributed by atoms with E-state index in [4.69, 9.17) is 0 Å². The second-order valence-corrected chi connectivity index (χ2v) is 6.40. The molecule has 0 unspecified atom stereocenters. The van der Waals surface area contributed by atoms with Crippen molar-refractivity contribution in [3.8, 4) is 0 Å². The Bertz CT molecular complexity index is 747. The van der Waals surface area contributed by atoms with Gasteiger partial charge in [-0.15, -0.1) is 0 Å². The van der Waals surface area contributed by atoms with Crippen LogP contribution in [0, 0.1) is 17.0 Å². The Hall–Kier alpha value is -2.76. The number of nitrogens with zero attached hydrogens (tertiary/aromatic N) is 2. The SMILES string of the molecule is Cc1cc([N+](=O)[O-])cnc1NC(=O)c1ccc(C(C)(C)C)cc1. The fourth-order valence-corrected chi connectivity index (χ4v) is 2.09. The summed E-state index contributed by atoms with van der Waals surface area (Å²) in [5.74, 6) is 0.0235. The van der Waals surface area contributed by atoms with Crippen molar-refractivity contribution in [3.05, 3.63) is 63.3 Å². The molecule has 0 saturated heterocycles. The van der Waals surface area contributed by atoms with Crippen LogP contribution < -0.4 is 5.32 Å². The van der Waals surface area contributed by atoms with Gasteiger partial charge in [0.2, 0.25) is 0 Å². The van der Waals surface area contributed by atoms with Gasteiger partial charge < -0.3 is 5.32 Å². The number of nitro groups is 1. The van der Waals surface area contributed by atoms with Crippen LogP contribution in [0.3, 0.4) is 0 Å². The third kappa shape index (κ3) is 3.91. The molecule has 2 rings (SSSR count). The van der Waals surface area contributed by atoms with E-state index in [0.717, 1.165) is 11.8 Å². The number of amides is 1. The van der Waals surface area contributed by atoms with Crippen molar-refractivity contribution in [2.75, 3.05) is 5.32 Å². The molecule has 0 atom stereocenters. The van der Waals surface area contributed by atoms with E-state index in [2.05, 4.69) is 31.1 Å². The zero-order valence-electron chi connectivity index (χ0n) is 13.6. The van der Waals surface area contributed by atoms with Crippen LogP contribution in [0.4, 0.5) is 11.5 Å². The Kier molecular flexibility index (Phi) is 4.45. The topological polar surface area (TPSA) is 85.1 Å². The normalized spacial score (nSPS) is 11.1. The number of rotatable bonds is 3. The lowest BCUT2D eigenvalue weighted by atomic mass is 9.87. The lowest BCUT2D eigenvalue weighted by Crippen LogP contribution is -2.15. The Morgan fingerprint density at radius 1 is 1.22 bits per heavy atom. The highest BCUT2D eigenvalue weighted by molar-refractivity contribution is 6.04. The summed E-state index contributed by atoms with van der Waals surface area (Å²) in [4.78, 5) is 26.4. The number of aryl methyl sites for hydroxylation is 1. The number of pyridine rings is 1. The monoisotopic (exact) mass is 313 g/mol. The van der Waals surface area contributed by atoms with E-state index in [1.165, 1.54) is 6.07 Å². The molecule has 0 spiro atoms. The van der Waals surface area contributed by atoms with Crippen LogP contribution in [-0.2, 0) is 5.41 Å². The largest absolute Gasteiger partial charge is 0.306 e. The number of nitrogens with one attached hydrogen (secondary N) is 1. The molecule has 23 heavy (non-hydrogen) atoms. The Labute approximate surface area is 134 Å². The number of hydrogen-bond acceptors (Lipinski definition) is 4. The van der Waals surface area contributed by atoms with E-state index in [0.29, 0.717) is 16.9 Å².